The second kappa shape index (κ2) is 9.92. The third-order valence-corrected chi connectivity index (χ3v) is 6.35. The SMILES string of the molecule is CCSc1ccccc1C(=O)NCCN1CCN(C(=O)c2cccs2)CC1. The minimum absolute atomic E-state index is 0.0157. The molecule has 27 heavy (non-hydrogen) atoms. The average Bonchev–Trinajstić information content (AvgIpc) is 3.23. The molecule has 0 saturated carbocycles. The fraction of sp³-hybridized carbons (Fsp3) is 0.400. The van der Waals surface area contributed by atoms with Crippen molar-refractivity contribution in [3.05, 3.63) is 52.2 Å². The summed E-state index contributed by atoms with van der Waals surface area (Å²) in [5.74, 6) is 1.06. The van der Waals surface area contributed by atoms with Gasteiger partial charge in [-0.25, -0.2) is 0 Å². The predicted octanol–water partition coefficient (Wildman–Crippen LogP) is 3.05. The summed E-state index contributed by atoms with van der Waals surface area (Å²) in [6, 6.07) is 11.5. The molecule has 0 radical (unpaired) electrons. The van der Waals surface area contributed by atoms with Gasteiger partial charge in [-0.3, -0.25) is 14.5 Å². The van der Waals surface area contributed by atoms with E-state index in [0.717, 1.165) is 53.8 Å². The van der Waals surface area contributed by atoms with Crippen molar-refractivity contribution in [3.8, 4) is 0 Å². The summed E-state index contributed by atoms with van der Waals surface area (Å²) >= 11 is 3.18. The van der Waals surface area contributed by atoms with Gasteiger partial charge in [0.15, 0.2) is 0 Å². The van der Waals surface area contributed by atoms with Gasteiger partial charge in [-0.1, -0.05) is 25.1 Å². The second-order valence-corrected chi connectivity index (χ2v) is 8.55. The highest BCUT2D eigenvalue weighted by Crippen LogP contribution is 2.22. The summed E-state index contributed by atoms with van der Waals surface area (Å²) in [4.78, 5) is 30.9. The lowest BCUT2D eigenvalue weighted by Crippen LogP contribution is -2.50. The number of carbonyl (C=O) groups excluding carboxylic acids is 2. The Labute approximate surface area is 168 Å². The van der Waals surface area contributed by atoms with Gasteiger partial charge in [0.1, 0.15) is 0 Å². The number of hydrogen-bond donors (Lipinski definition) is 1. The first kappa shape index (κ1) is 19.9. The van der Waals surface area contributed by atoms with E-state index in [1.165, 1.54) is 11.3 Å². The molecular weight excluding hydrogens is 378 g/mol. The first-order valence-electron chi connectivity index (χ1n) is 9.24. The van der Waals surface area contributed by atoms with E-state index in [0.29, 0.717) is 6.54 Å². The topological polar surface area (TPSA) is 52.7 Å². The number of benzene rings is 1. The maximum atomic E-state index is 12.5. The molecule has 7 heteroatoms. The summed E-state index contributed by atoms with van der Waals surface area (Å²) in [5, 5.41) is 4.96. The van der Waals surface area contributed by atoms with Gasteiger partial charge >= 0.3 is 0 Å². The molecule has 1 fully saturated rings. The van der Waals surface area contributed by atoms with Crippen LogP contribution in [0.1, 0.15) is 27.0 Å². The number of amides is 2. The van der Waals surface area contributed by atoms with Crippen LogP contribution in [0, 0.1) is 0 Å². The normalized spacial score (nSPS) is 14.9. The molecule has 2 aromatic rings. The van der Waals surface area contributed by atoms with Gasteiger partial charge in [-0.05, 0) is 29.3 Å². The number of nitrogens with one attached hydrogen (secondary N) is 1. The molecule has 1 aliphatic heterocycles. The van der Waals surface area contributed by atoms with Gasteiger partial charge in [0.2, 0.25) is 0 Å². The molecule has 1 aliphatic rings. The van der Waals surface area contributed by atoms with E-state index in [1.807, 2.05) is 46.7 Å². The quantitative estimate of drug-likeness (QED) is 0.722. The van der Waals surface area contributed by atoms with Crippen LogP contribution < -0.4 is 5.32 Å². The van der Waals surface area contributed by atoms with E-state index in [9.17, 15) is 9.59 Å². The molecule has 0 spiro atoms. The molecule has 0 bridgehead atoms. The molecule has 1 saturated heterocycles. The first-order valence-corrected chi connectivity index (χ1v) is 11.1. The predicted molar refractivity (Wildman–Crippen MR) is 112 cm³/mol. The van der Waals surface area contributed by atoms with Crippen molar-refractivity contribution in [2.75, 3.05) is 45.0 Å². The van der Waals surface area contributed by atoms with Gasteiger partial charge in [-0.15, -0.1) is 23.1 Å². The van der Waals surface area contributed by atoms with Crippen LogP contribution in [0.25, 0.3) is 0 Å². The highest BCUT2D eigenvalue weighted by molar-refractivity contribution is 7.99. The van der Waals surface area contributed by atoms with Crippen LogP contribution in [0.5, 0.6) is 0 Å². The van der Waals surface area contributed by atoms with Gasteiger partial charge < -0.3 is 10.2 Å². The number of hydrogen-bond acceptors (Lipinski definition) is 5. The van der Waals surface area contributed by atoms with Crippen LogP contribution in [0.3, 0.4) is 0 Å². The average molecular weight is 404 g/mol. The van der Waals surface area contributed by atoms with Crippen molar-refractivity contribution in [3.63, 3.8) is 0 Å². The molecule has 2 amide bonds. The van der Waals surface area contributed by atoms with Crippen LogP contribution in [-0.2, 0) is 0 Å². The minimum Gasteiger partial charge on any atom is -0.351 e. The van der Waals surface area contributed by atoms with Crippen molar-refractivity contribution in [1.82, 2.24) is 15.1 Å². The summed E-state index contributed by atoms with van der Waals surface area (Å²) in [6.45, 7) is 6.66. The number of piperazine rings is 1. The molecule has 1 aromatic heterocycles. The zero-order chi connectivity index (χ0) is 19.1. The van der Waals surface area contributed by atoms with E-state index in [-0.39, 0.29) is 11.8 Å². The van der Waals surface area contributed by atoms with Gasteiger partial charge in [0, 0.05) is 44.2 Å². The number of rotatable bonds is 7. The highest BCUT2D eigenvalue weighted by Gasteiger charge is 2.22. The van der Waals surface area contributed by atoms with Crippen LogP contribution in [-0.4, -0.2) is 66.6 Å². The van der Waals surface area contributed by atoms with Crippen molar-refractivity contribution in [1.29, 1.82) is 0 Å². The molecule has 1 aromatic carbocycles. The third kappa shape index (κ3) is 5.34. The monoisotopic (exact) mass is 403 g/mol. The van der Waals surface area contributed by atoms with Crippen LogP contribution in [0.2, 0.25) is 0 Å². The summed E-state index contributed by atoms with van der Waals surface area (Å²) in [5.41, 5.74) is 0.746. The Kier molecular flexibility index (Phi) is 7.32. The number of carbonyl (C=O) groups is 2. The molecule has 144 valence electrons. The fourth-order valence-electron chi connectivity index (χ4n) is 3.09. The number of nitrogens with zero attached hydrogens (tertiary/aromatic N) is 2. The smallest absolute Gasteiger partial charge is 0.264 e. The van der Waals surface area contributed by atoms with E-state index >= 15 is 0 Å². The molecule has 2 heterocycles. The standard InChI is InChI=1S/C20H25N3O2S2/c1-2-26-17-7-4-3-6-16(17)19(24)21-9-10-22-11-13-23(14-12-22)20(25)18-8-5-15-27-18/h3-8,15H,2,9-14H2,1H3,(H,21,24). The zero-order valence-electron chi connectivity index (χ0n) is 15.5. The Balaban J connectivity index is 1.42. The maximum Gasteiger partial charge on any atom is 0.264 e. The van der Waals surface area contributed by atoms with Crippen LogP contribution in [0.15, 0.2) is 46.7 Å². The third-order valence-electron chi connectivity index (χ3n) is 4.54. The highest BCUT2D eigenvalue weighted by atomic mass is 32.2. The van der Waals surface area contributed by atoms with Crippen molar-refractivity contribution < 1.29 is 9.59 Å². The lowest BCUT2D eigenvalue weighted by atomic mass is 10.2. The molecule has 3 rings (SSSR count). The second-order valence-electron chi connectivity index (χ2n) is 6.30. The minimum atomic E-state index is -0.0157. The van der Waals surface area contributed by atoms with Crippen molar-refractivity contribution >= 4 is 34.9 Å². The molecule has 0 atom stereocenters. The number of thioether (sulfide) groups is 1. The van der Waals surface area contributed by atoms with E-state index in [2.05, 4.69) is 17.1 Å². The van der Waals surface area contributed by atoms with Gasteiger partial charge in [0.05, 0.1) is 10.4 Å². The van der Waals surface area contributed by atoms with Crippen molar-refractivity contribution in [2.45, 2.75) is 11.8 Å². The Bertz CT molecular complexity index is 756. The maximum absolute atomic E-state index is 12.5. The lowest BCUT2D eigenvalue weighted by molar-refractivity contribution is 0.0642. The summed E-state index contributed by atoms with van der Waals surface area (Å²) in [6.07, 6.45) is 0. The number of thiophene rings is 1. The molecule has 5 nitrogen and oxygen atoms in total. The van der Waals surface area contributed by atoms with Gasteiger partial charge in [-0.2, -0.15) is 0 Å². The zero-order valence-corrected chi connectivity index (χ0v) is 17.2. The Morgan fingerprint density at radius 3 is 2.59 bits per heavy atom. The molecule has 0 unspecified atom stereocenters. The van der Waals surface area contributed by atoms with Gasteiger partial charge in [0.25, 0.3) is 11.8 Å². The fourth-order valence-corrected chi connectivity index (χ4v) is 4.58. The lowest BCUT2D eigenvalue weighted by Gasteiger charge is -2.34. The van der Waals surface area contributed by atoms with Crippen LogP contribution in [0.4, 0.5) is 0 Å². The Hall–Kier alpha value is -1.83. The largest absolute Gasteiger partial charge is 0.351 e. The molecular formula is C20H25N3O2S2. The van der Waals surface area contributed by atoms with E-state index in [4.69, 9.17) is 0 Å². The summed E-state index contributed by atoms with van der Waals surface area (Å²) < 4.78 is 0. The molecule has 1 N–H and O–H groups in total. The van der Waals surface area contributed by atoms with Crippen LogP contribution >= 0.6 is 23.1 Å². The van der Waals surface area contributed by atoms with E-state index in [1.54, 1.807) is 11.8 Å². The Morgan fingerprint density at radius 2 is 1.89 bits per heavy atom. The van der Waals surface area contributed by atoms with Crippen molar-refractivity contribution in [2.24, 2.45) is 0 Å². The first-order chi connectivity index (χ1) is 13.2. The summed E-state index contributed by atoms with van der Waals surface area (Å²) in [7, 11) is 0. The molecule has 0 aliphatic carbocycles. The van der Waals surface area contributed by atoms with E-state index < -0.39 is 0 Å². The Morgan fingerprint density at radius 1 is 1.11 bits per heavy atom.